The third kappa shape index (κ3) is 2.39. The number of aromatic nitrogens is 1. The molecule has 3 aromatic carbocycles. The predicted octanol–water partition coefficient (Wildman–Crippen LogP) is 6.52. The van der Waals surface area contributed by atoms with Crippen LogP contribution in [0.5, 0.6) is 0 Å². The first kappa shape index (κ1) is 16.2. The van der Waals surface area contributed by atoms with Crippen LogP contribution in [0.2, 0.25) is 0 Å². The van der Waals surface area contributed by atoms with Gasteiger partial charge in [-0.05, 0) is 46.9 Å². The fourth-order valence-corrected chi connectivity index (χ4v) is 4.42. The minimum absolute atomic E-state index is 0.583. The lowest BCUT2D eigenvalue weighted by Gasteiger charge is -2.06. The van der Waals surface area contributed by atoms with E-state index in [1.165, 1.54) is 0 Å². The van der Waals surface area contributed by atoms with Crippen LogP contribution < -0.4 is 0 Å². The van der Waals surface area contributed by atoms with E-state index in [0.717, 1.165) is 42.5 Å². The summed E-state index contributed by atoms with van der Waals surface area (Å²) in [5.74, 6) is 0.749. The summed E-state index contributed by atoms with van der Waals surface area (Å²) in [5, 5.41) is 12.1. The van der Waals surface area contributed by atoms with E-state index in [1.54, 1.807) is 0 Å². The van der Waals surface area contributed by atoms with Crippen LogP contribution >= 0.6 is 22.6 Å². The topological polar surface area (TPSA) is 41.9 Å². The molecule has 0 spiro atoms. The number of nitrogens with zero attached hydrogens (tertiary/aromatic N) is 2. The molecule has 0 saturated carbocycles. The molecule has 0 saturated heterocycles. The van der Waals surface area contributed by atoms with Crippen LogP contribution in [0.25, 0.3) is 38.9 Å². The molecule has 0 unspecified atom stereocenters. The van der Waals surface area contributed by atoms with Crippen LogP contribution in [0, 0.1) is 14.9 Å². The maximum absolute atomic E-state index is 10.1. The summed E-state index contributed by atoms with van der Waals surface area (Å²) < 4.78 is 9.24. The van der Waals surface area contributed by atoms with Crippen molar-refractivity contribution in [1.29, 1.82) is 5.26 Å². The molecule has 128 valence electrons. The molecule has 5 rings (SSSR count). The molecule has 0 atom stereocenters. The fourth-order valence-electron chi connectivity index (χ4n) is 3.60. The molecule has 0 fully saturated rings. The summed E-state index contributed by atoms with van der Waals surface area (Å²) in [6.07, 6.45) is 0. The van der Waals surface area contributed by atoms with Gasteiger partial charge in [-0.3, -0.25) is 0 Å². The maximum atomic E-state index is 10.1. The van der Waals surface area contributed by atoms with Crippen LogP contribution in [-0.4, -0.2) is 4.57 Å². The number of hydrogen-bond acceptors (Lipinski definition) is 2. The van der Waals surface area contributed by atoms with E-state index in [1.807, 2.05) is 83.4 Å². The Balaban J connectivity index is 1.93. The zero-order valence-corrected chi connectivity index (χ0v) is 16.3. The van der Waals surface area contributed by atoms with Gasteiger partial charge >= 0.3 is 0 Å². The molecule has 0 aliphatic heterocycles. The third-order valence-corrected chi connectivity index (χ3v) is 5.83. The van der Waals surface area contributed by atoms with Crippen LogP contribution in [0.1, 0.15) is 5.69 Å². The Hall–Kier alpha value is -3.04. The van der Waals surface area contributed by atoms with E-state index in [0.29, 0.717) is 5.69 Å². The summed E-state index contributed by atoms with van der Waals surface area (Å²) in [7, 11) is 0. The first-order valence-electron chi connectivity index (χ1n) is 8.56. The molecular formula is C23H13IN2O. The minimum Gasteiger partial charge on any atom is -0.455 e. The van der Waals surface area contributed by atoms with E-state index in [4.69, 9.17) is 4.42 Å². The van der Waals surface area contributed by atoms with E-state index in [2.05, 4.69) is 28.7 Å². The molecule has 5 aromatic rings. The first-order valence-corrected chi connectivity index (χ1v) is 9.64. The molecule has 3 nitrogen and oxygen atoms in total. The second-order valence-corrected chi connectivity index (χ2v) is 7.34. The second-order valence-electron chi connectivity index (χ2n) is 6.26. The first-order chi connectivity index (χ1) is 13.3. The van der Waals surface area contributed by atoms with Gasteiger partial charge in [0.15, 0.2) is 5.76 Å². The zero-order valence-electron chi connectivity index (χ0n) is 14.2. The van der Waals surface area contributed by atoms with Gasteiger partial charge in [0.25, 0.3) is 0 Å². The number of furan rings is 1. The number of benzene rings is 3. The Kier molecular flexibility index (Phi) is 3.76. The molecular weight excluding hydrogens is 447 g/mol. The highest BCUT2D eigenvalue weighted by atomic mass is 127. The summed E-state index contributed by atoms with van der Waals surface area (Å²) >= 11 is 2.31. The van der Waals surface area contributed by atoms with Gasteiger partial charge in [-0.15, -0.1) is 0 Å². The minimum atomic E-state index is 0.583. The van der Waals surface area contributed by atoms with Crippen molar-refractivity contribution >= 4 is 44.5 Å². The van der Waals surface area contributed by atoms with Crippen molar-refractivity contribution in [3.05, 3.63) is 88.1 Å². The summed E-state index contributed by atoms with van der Waals surface area (Å²) in [4.78, 5) is 0. The van der Waals surface area contributed by atoms with E-state index in [-0.39, 0.29) is 0 Å². The number of rotatable bonds is 2. The summed E-state index contributed by atoms with van der Waals surface area (Å²) in [6.45, 7) is 0. The third-order valence-electron chi connectivity index (χ3n) is 4.76. The van der Waals surface area contributed by atoms with Crippen LogP contribution in [0.3, 0.4) is 0 Å². The van der Waals surface area contributed by atoms with Crippen LogP contribution in [0.4, 0.5) is 0 Å². The molecule has 4 heteroatoms. The Morgan fingerprint density at radius 2 is 1.48 bits per heavy atom. The molecule has 0 aliphatic carbocycles. The van der Waals surface area contributed by atoms with E-state index >= 15 is 0 Å². The summed E-state index contributed by atoms with van der Waals surface area (Å²) in [5.41, 5.74) is 4.21. The van der Waals surface area contributed by atoms with Crippen molar-refractivity contribution in [1.82, 2.24) is 4.57 Å². The van der Waals surface area contributed by atoms with Crippen molar-refractivity contribution < 1.29 is 4.42 Å². The number of para-hydroxylation sites is 3. The molecule has 0 radical (unpaired) electrons. The largest absolute Gasteiger partial charge is 0.455 e. The van der Waals surface area contributed by atoms with Gasteiger partial charge in [0.05, 0.1) is 14.7 Å². The van der Waals surface area contributed by atoms with Crippen molar-refractivity contribution in [2.45, 2.75) is 0 Å². The van der Waals surface area contributed by atoms with Crippen molar-refractivity contribution in [3.63, 3.8) is 0 Å². The highest BCUT2D eigenvalue weighted by molar-refractivity contribution is 14.1. The maximum Gasteiger partial charge on any atom is 0.152 e. The molecule has 0 bridgehead atoms. The average molecular weight is 460 g/mol. The van der Waals surface area contributed by atoms with Gasteiger partial charge in [0.1, 0.15) is 17.3 Å². The lowest BCUT2D eigenvalue weighted by Crippen LogP contribution is -1.97. The van der Waals surface area contributed by atoms with Gasteiger partial charge in [-0.25, -0.2) is 0 Å². The van der Waals surface area contributed by atoms with Crippen molar-refractivity contribution in [2.24, 2.45) is 0 Å². The highest BCUT2D eigenvalue weighted by Crippen LogP contribution is 2.42. The quantitative estimate of drug-likeness (QED) is 0.282. The Morgan fingerprint density at radius 3 is 2.22 bits per heavy atom. The number of halogens is 1. The number of fused-ring (bicyclic) bond motifs is 2. The molecule has 27 heavy (non-hydrogen) atoms. The van der Waals surface area contributed by atoms with Crippen LogP contribution in [0.15, 0.2) is 83.3 Å². The van der Waals surface area contributed by atoms with E-state index in [9.17, 15) is 5.26 Å². The van der Waals surface area contributed by atoms with Gasteiger partial charge in [-0.2, -0.15) is 5.26 Å². The van der Waals surface area contributed by atoms with Gasteiger partial charge in [0, 0.05) is 16.5 Å². The van der Waals surface area contributed by atoms with Crippen molar-refractivity contribution in [2.75, 3.05) is 0 Å². The zero-order chi connectivity index (χ0) is 18.4. The smallest absolute Gasteiger partial charge is 0.152 e. The Morgan fingerprint density at radius 1 is 0.815 bits per heavy atom. The van der Waals surface area contributed by atoms with Gasteiger partial charge < -0.3 is 8.98 Å². The second kappa shape index (κ2) is 6.29. The normalized spacial score (nSPS) is 11.1. The molecule has 0 N–H and O–H groups in total. The SMILES string of the molecule is N#Cc1c(-c2oc3ccccc3c2I)c2ccccc2n1-c1ccccc1. The lowest BCUT2D eigenvalue weighted by atomic mass is 10.1. The highest BCUT2D eigenvalue weighted by Gasteiger charge is 2.24. The molecule has 2 heterocycles. The van der Waals surface area contributed by atoms with Gasteiger partial charge in [0.2, 0.25) is 0 Å². The standard InChI is InChI=1S/C23H13IN2O/c24-22-17-11-5-7-13-20(17)27-23(22)21-16-10-4-6-12-18(16)26(19(21)14-25)15-8-2-1-3-9-15/h1-13H. The average Bonchev–Trinajstić information content (AvgIpc) is 3.23. The Bertz CT molecular complexity index is 1340. The summed E-state index contributed by atoms with van der Waals surface area (Å²) in [6, 6.07) is 28.5. The number of nitriles is 1. The number of hydrogen-bond donors (Lipinski definition) is 0. The van der Waals surface area contributed by atoms with Gasteiger partial charge in [-0.1, -0.05) is 54.6 Å². The Labute approximate surface area is 169 Å². The fraction of sp³-hybridized carbons (Fsp3) is 0. The molecule has 2 aromatic heterocycles. The van der Waals surface area contributed by atoms with E-state index < -0.39 is 0 Å². The predicted molar refractivity (Wildman–Crippen MR) is 116 cm³/mol. The monoisotopic (exact) mass is 460 g/mol. The molecule has 0 aliphatic rings. The van der Waals surface area contributed by atoms with Crippen molar-refractivity contribution in [3.8, 4) is 23.1 Å². The van der Waals surface area contributed by atoms with Crippen LogP contribution in [-0.2, 0) is 0 Å². The lowest BCUT2D eigenvalue weighted by molar-refractivity contribution is 0.630. The molecule has 0 amide bonds.